The van der Waals surface area contributed by atoms with Crippen molar-refractivity contribution >= 4 is 0 Å². The van der Waals surface area contributed by atoms with Crippen LogP contribution < -0.4 is 10.5 Å². The van der Waals surface area contributed by atoms with E-state index >= 15 is 0 Å². The molecule has 0 aliphatic carbocycles. The zero-order chi connectivity index (χ0) is 14.5. The highest BCUT2D eigenvalue weighted by atomic mass is 16.5. The minimum Gasteiger partial charge on any atom is -0.508 e. The maximum Gasteiger partial charge on any atom is 0.160 e. The van der Waals surface area contributed by atoms with Gasteiger partial charge in [0, 0.05) is 5.92 Å². The summed E-state index contributed by atoms with van der Waals surface area (Å²) < 4.78 is 5.11. The quantitative estimate of drug-likeness (QED) is 0.782. The van der Waals surface area contributed by atoms with Crippen LogP contribution in [-0.2, 0) is 6.42 Å². The van der Waals surface area contributed by atoms with E-state index in [0.717, 1.165) is 17.5 Å². The second kappa shape index (κ2) is 6.30. The van der Waals surface area contributed by atoms with Gasteiger partial charge in [0.2, 0.25) is 0 Å². The lowest BCUT2D eigenvalue weighted by Gasteiger charge is -2.16. The number of nitrogens with two attached hydrogens (primary N) is 1. The Morgan fingerprint density at radius 2 is 1.80 bits per heavy atom. The maximum absolute atomic E-state index is 9.60. The predicted molar refractivity (Wildman–Crippen MR) is 78.3 cm³/mol. The van der Waals surface area contributed by atoms with Gasteiger partial charge in [0.05, 0.1) is 7.11 Å². The number of phenolic OH excluding ortho intramolecular Hbond substituents is 2. The third kappa shape index (κ3) is 3.22. The summed E-state index contributed by atoms with van der Waals surface area (Å²) >= 11 is 0. The number of hydrogen-bond acceptors (Lipinski definition) is 4. The Morgan fingerprint density at radius 1 is 1.10 bits per heavy atom. The minimum atomic E-state index is 0.130. The van der Waals surface area contributed by atoms with E-state index in [0.29, 0.717) is 12.3 Å². The molecule has 4 N–H and O–H groups in total. The minimum absolute atomic E-state index is 0.130. The number of benzene rings is 2. The fourth-order valence-electron chi connectivity index (χ4n) is 2.22. The summed E-state index contributed by atoms with van der Waals surface area (Å²) in [5, 5.41) is 18.9. The van der Waals surface area contributed by atoms with Crippen LogP contribution in [0.25, 0.3) is 0 Å². The molecule has 2 aromatic carbocycles. The van der Waals surface area contributed by atoms with Crippen LogP contribution in [0.4, 0.5) is 0 Å². The molecule has 0 aliphatic rings. The molecule has 4 heteroatoms. The van der Waals surface area contributed by atoms with Crippen LogP contribution >= 0.6 is 0 Å². The lowest BCUT2D eigenvalue weighted by molar-refractivity contribution is 0.373. The predicted octanol–water partition coefficient (Wildman–Crippen LogP) is 2.39. The van der Waals surface area contributed by atoms with Gasteiger partial charge in [-0.3, -0.25) is 0 Å². The lowest BCUT2D eigenvalue weighted by atomic mass is 9.92. The second-order valence-corrected chi connectivity index (χ2v) is 4.73. The second-order valence-electron chi connectivity index (χ2n) is 4.73. The number of phenols is 2. The number of methoxy groups -OCH3 is 1. The molecule has 0 aromatic heterocycles. The van der Waals surface area contributed by atoms with E-state index in [1.165, 1.54) is 7.11 Å². The van der Waals surface area contributed by atoms with Crippen molar-refractivity contribution in [3.63, 3.8) is 0 Å². The highest BCUT2D eigenvalue weighted by molar-refractivity contribution is 5.42. The van der Waals surface area contributed by atoms with Gasteiger partial charge < -0.3 is 20.7 Å². The molecule has 0 saturated carbocycles. The zero-order valence-corrected chi connectivity index (χ0v) is 11.4. The average Bonchev–Trinajstić information content (AvgIpc) is 2.47. The van der Waals surface area contributed by atoms with Gasteiger partial charge in [-0.25, -0.2) is 0 Å². The van der Waals surface area contributed by atoms with Crippen molar-refractivity contribution in [2.24, 2.45) is 5.73 Å². The standard InChI is InChI=1S/C16H19NO3/c1-20-16-9-11(2-7-15(16)19)8-13(10-17)12-3-5-14(18)6-4-12/h2-7,9,13,18-19H,8,10,17H2,1H3. The molecule has 0 aliphatic heterocycles. The van der Waals surface area contributed by atoms with E-state index in [1.807, 2.05) is 24.3 Å². The largest absolute Gasteiger partial charge is 0.508 e. The van der Waals surface area contributed by atoms with Crippen LogP contribution in [0.3, 0.4) is 0 Å². The van der Waals surface area contributed by atoms with Crippen LogP contribution in [0.1, 0.15) is 17.0 Å². The highest BCUT2D eigenvalue weighted by Gasteiger charge is 2.12. The van der Waals surface area contributed by atoms with Gasteiger partial charge in [0.15, 0.2) is 11.5 Å². The molecule has 0 radical (unpaired) electrons. The summed E-state index contributed by atoms with van der Waals surface area (Å²) in [6, 6.07) is 12.4. The molecule has 20 heavy (non-hydrogen) atoms. The fraction of sp³-hybridized carbons (Fsp3) is 0.250. The molecule has 2 aromatic rings. The van der Waals surface area contributed by atoms with Crippen molar-refractivity contribution in [1.82, 2.24) is 0 Å². The monoisotopic (exact) mass is 273 g/mol. The van der Waals surface area contributed by atoms with Crippen LogP contribution in [0.5, 0.6) is 17.2 Å². The molecule has 4 nitrogen and oxygen atoms in total. The van der Waals surface area contributed by atoms with Crippen LogP contribution in [0.2, 0.25) is 0 Å². The van der Waals surface area contributed by atoms with E-state index in [-0.39, 0.29) is 17.4 Å². The summed E-state index contributed by atoms with van der Waals surface area (Å²) in [6.45, 7) is 0.508. The van der Waals surface area contributed by atoms with Gasteiger partial charge >= 0.3 is 0 Å². The first kappa shape index (κ1) is 14.2. The molecule has 1 atom stereocenters. The Kier molecular flexibility index (Phi) is 4.48. The van der Waals surface area contributed by atoms with Crippen LogP contribution in [0, 0.1) is 0 Å². The first-order valence-electron chi connectivity index (χ1n) is 6.49. The van der Waals surface area contributed by atoms with E-state index in [2.05, 4.69) is 0 Å². The van der Waals surface area contributed by atoms with Crippen molar-refractivity contribution < 1.29 is 14.9 Å². The Balaban J connectivity index is 2.19. The maximum atomic E-state index is 9.60. The Bertz CT molecular complexity index is 566. The van der Waals surface area contributed by atoms with Crippen molar-refractivity contribution in [1.29, 1.82) is 0 Å². The Hall–Kier alpha value is -2.20. The molecule has 106 valence electrons. The molecule has 0 heterocycles. The van der Waals surface area contributed by atoms with Gasteiger partial charge in [0.1, 0.15) is 5.75 Å². The normalized spacial score (nSPS) is 12.1. The van der Waals surface area contributed by atoms with E-state index in [4.69, 9.17) is 10.5 Å². The van der Waals surface area contributed by atoms with Gasteiger partial charge in [-0.05, 0) is 48.4 Å². The third-order valence-corrected chi connectivity index (χ3v) is 3.38. The molecule has 0 amide bonds. The molecule has 2 rings (SSSR count). The van der Waals surface area contributed by atoms with Gasteiger partial charge in [-0.15, -0.1) is 0 Å². The van der Waals surface area contributed by atoms with Gasteiger partial charge in [-0.1, -0.05) is 18.2 Å². The molecule has 0 fully saturated rings. The number of hydrogen-bond donors (Lipinski definition) is 3. The number of rotatable bonds is 5. The number of aromatic hydroxyl groups is 2. The molecule has 0 saturated heterocycles. The van der Waals surface area contributed by atoms with Gasteiger partial charge in [-0.2, -0.15) is 0 Å². The van der Waals surface area contributed by atoms with E-state index < -0.39 is 0 Å². The molecular weight excluding hydrogens is 254 g/mol. The lowest BCUT2D eigenvalue weighted by Crippen LogP contribution is -2.15. The first-order chi connectivity index (χ1) is 9.63. The van der Waals surface area contributed by atoms with Gasteiger partial charge in [0.25, 0.3) is 0 Å². The van der Waals surface area contributed by atoms with Crippen molar-refractivity contribution in [3.05, 3.63) is 53.6 Å². The summed E-state index contributed by atoms with van der Waals surface area (Å²) in [5.74, 6) is 0.995. The Labute approximate surface area is 118 Å². The molecule has 0 spiro atoms. The van der Waals surface area contributed by atoms with E-state index in [9.17, 15) is 10.2 Å². The van der Waals surface area contributed by atoms with Crippen LogP contribution in [0.15, 0.2) is 42.5 Å². The summed E-state index contributed by atoms with van der Waals surface area (Å²) in [5.41, 5.74) is 7.97. The topological polar surface area (TPSA) is 75.7 Å². The summed E-state index contributed by atoms with van der Waals surface area (Å²) in [6.07, 6.45) is 0.748. The third-order valence-electron chi connectivity index (χ3n) is 3.38. The Morgan fingerprint density at radius 3 is 2.40 bits per heavy atom. The SMILES string of the molecule is COc1cc(CC(CN)c2ccc(O)cc2)ccc1O. The highest BCUT2D eigenvalue weighted by Crippen LogP contribution is 2.29. The molecule has 0 bridgehead atoms. The summed E-state index contributed by atoms with van der Waals surface area (Å²) in [7, 11) is 1.53. The molecule has 1 unspecified atom stereocenters. The van der Waals surface area contributed by atoms with Crippen molar-refractivity contribution in [3.8, 4) is 17.2 Å². The van der Waals surface area contributed by atoms with Crippen molar-refractivity contribution in [2.75, 3.05) is 13.7 Å². The zero-order valence-electron chi connectivity index (χ0n) is 11.4. The smallest absolute Gasteiger partial charge is 0.160 e. The van der Waals surface area contributed by atoms with E-state index in [1.54, 1.807) is 18.2 Å². The summed E-state index contributed by atoms with van der Waals surface area (Å²) in [4.78, 5) is 0. The fourth-order valence-corrected chi connectivity index (χ4v) is 2.22. The average molecular weight is 273 g/mol. The first-order valence-corrected chi connectivity index (χ1v) is 6.49. The van der Waals surface area contributed by atoms with Crippen molar-refractivity contribution in [2.45, 2.75) is 12.3 Å². The number of ether oxygens (including phenoxy) is 1. The molecular formula is C16H19NO3. The van der Waals surface area contributed by atoms with Crippen LogP contribution in [-0.4, -0.2) is 23.9 Å².